The molecule has 0 radical (unpaired) electrons. The summed E-state index contributed by atoms with van der Waals surface area (Å²) in [7, 11) is 0. The molecule has 2 unspecified atom stereocenters. The molecule has 2 heterocycles. The number of hydrogen-bond acceptors (Lipinski definition) is 4. The van der Waals surface area contributed by atoms with Crippen LogP contribution in [0.5, 0.6) is 0 Å². The summed E-state index contributed by atoms with van der Waals surface area (Å²) in [6.45, 7) is 2.41. The predicted octanol–water partition coefficient (Wildman–Crippen LogP) is 0.786. The highest BCUT2D eigenvalue weighted by Gasteiger charge is 2.19. The van der Waals surface area contributed by atoms with Crippen molar-refractivity contribution in [2.24, 2.45) is 0 Å². The molecule has 0 aliphatic carbocycles. The molecule has 13 heavy (non-hydrogen) atoms. The third kappa shape index (κ3) is 3.35. The maximum Gasteiger partial charge on any atom is 0.0173 e. The van der Waals surface area contributed by atoms with Crippen molar-refractivity contribution < 1.29 is 0 Å². The smallest absolute Gasteiger partial charge is 0.0173 e. The van der Waals surface area contributed by atoms with Crippen molar-refractivity contribution in [3.8, 4) is 0 Å². The molecule has 0 aromatic carbocycles. The van der Waals surface area contributed by atoms with Crippen LogP contribution in [-0.2, 0) is 0 Å². The summed E-state index contributed by atoms with van der Waals surface area (Å²) in [5, 5.41) is 7.19. The second kappa shape index (κ2) is 5.49. The minimum absolute atomic E-state index is 0.759. The summed E-state index contributed by atoms with van der Waals surface area (Å²) < 4.78 is 0. The van der Waals surface area contributed by atoms with E-state index in [-0.39, 0.29) is 0 Å². The average molecular weight is 218 g/mol. The van der Waals surface area contributed by atoms with Crippen molar-refractivity contribution in [3.05, 3.63) is 0 Å². The van der Waals surface area contributed by atoms with Crippen LogP contribution in [0, 0.1) is 0 Å². The summed E-state index contributed by atoms with van der Waals surface area (Å²) in [5.41, 5.74) is 0. The zero-order chi connectivity index (χ0) is 8.93. The largest absolute Gasteiger partial charge is 0.312 e. The van der Waals surface area contributed by atoms with Crippen LogP contribution < -0.4 is 10.6 Å². The number of thioether (sulfide) groups is 2. The predicted molar refractivity (Wildman–Crippen MR) is 62.8 cm³/mol. The van der Waals surface area contributed by atoms with Crippen LogP contribution >= 0.6 is 23.5 Å². The maximum atomic E-state index is 3.60. The minimum atomic E-state index is 0.759. The SMILES string of the molecule is C1CSCC(CC2CSCCN2)N1. The van der Waals surface area contributed by atoms with Gasteiger partial charge in [-0.25, -0.2) is 0 Å². The molecule has 2 rings (SSSR count). The first-order valence-electron chi connectivity index (χ1n) is 5.07. The lowest BCUT2D eigenvalue weighted by molar-refractivity contribution is 0.439. The van der Waals surface area contributed by atoms with Crippen LogP contribution in [0.1, 0.15) is 6.42 Å². The maximum absolute atomic E-state index is 3.60. The fourth-order valence-electron chi connectivity index (χ4n) is 1.89. The number of nitrogens with one attached hydrogen (secondary N) is 2. The van der Waals surface area contributed by atoms with Crippen molar-refractivity contribution >= 4 is 23.5 Å². The molecule has 2 fully saturated rings. The Bertz CT molecular complexity index is 127. The first-order chi connectivity index (χ1) is 6.45. The van der Waals surface area contributed by atoms with Gasteiger partial charge in [0.1, 0.15) is 0 Å². The molecular weight excluding hydrogens is 200 g/mol. The Labute approximate surface area is 89.0 Å². The van der Waals surface area contributed by atoms with E-state index in [1.54, 1.807) is 0 Å². The molecule has 2 atom stereocenters. The topological polar surface area (TPSA) is 24.1 Å². The van der Waals surface area contributed by atoms with Crippen molar-refractivity contribution in [3.63, 3.8) is 0 Å². The molecule has 2 saturated heterocycles. The van der Waals surface area contributed by atoms with Gasteiger partial charge in [0.2, 0.25) is 0 Å². The number of hydrogen-bond donors (Lipinski definition) is 2. The highest BCUT2D eigenvalue weighted by Crippen LogP contribution is 2.16. The van der Waals surface area contributed by atoms with Crippen LogP contribution in [0.4, 0.5) is 0 Å². The second-order valence-electron chi connectivity index (χ2n) is 3.69. The van der Waals surface area contributed by atoms with E-state index in [1.807, 2.05) is 0 Å². The molecule has 2 aliphatic heterocycles. The molecular formula is C9H18N2S2. The Kier molecular flexibility index (Phi) is 4.28. The Morgan fingerprint density at radius 3 is 1.85 bits per heavy atom. The fraction of sp³-hybridized carbons (Fsp3) is 1.00. The molecule has 0 bridgehead atoms. The van der Waals surface area contributed by atoms with Gasteiger partial charge in [0, 0.05) is 48.2 Å². The zero-order valence-corrected chi connectivity index (χ0v) is 9.55. The third-order valence-electron chi connectivity index (χ3n) is 2.57. The lowest BCUT2D eigenvalue weighted by atomic mass is 10.1. The molecule has 0 spiro atoms. The van der Waals surface area contributed by atoms with Gasteiger partial charge in [0.15, 0.2) is 0 Å². The van der Waals surface area contributed by atoms with Crippen molar-refractivity contribution in [2.75, 3.05) is 36.1 Å². The fourth-order valence-corrected chi connectivity index (χ4v) is 3.82. The molecule has 76 valence electrons. The van der Waals surface area contributed by atoms with Gasteiger partial charge in [0.25, 0.3) is 0 Å². The van der Waals surface area contributed by atoms with Crippen LogP contribution in [0.25, 0.3) is 0 Å². The first-order valence-corrected chi connectivity index (χ1v) is 7.38. The normalized spacial score (nSPS) is 36.0. The van der Waals surface area contributed by atoms with Gasteiger partial charge in [-0.2, -0.15) is 23.5 Å². The summed E-state index contributed by atoms with van der Waals surface area (Å²) >= 11 is 4.19. The van der Waals surface area contributed by atoms with E-state index in [4.69, 9.17) is 0 Å². The van der Waals surface area contributed by atoms with Gasteiger partial charge < -0.3 is 10.6 Å². The molecule has 0 aromatic rings. The Morgan fingerprint density at radius 2 is 1.46 bits per heavy atom. The van der Waals surface area contributed by atoms with E-state index in [1.165, 1.54) is 42.5 Å². The van der Waals surface area contributed by atoms with Crippen LogP contribution in [-0.4, -0.2) is 48.2 Å². The summed E-state index contributed by atoms with van der Waals surface area (Å²) in [5.74, 6) is 5.21. The van der Waals surface area contributed by atoms with Gasteiger partial charge in [-0.3, -0.25) is 0 Å². The summed E-state index contributed by atoms with van der Waals surface area (Å²) in [6.07, 6.45) is 1.32. The van der Waals surface area contributed by atoms with Crippen molar-refractivity contribution in [1.82, 2.24) is 10.6 Å². The molecule has 2 nitrogen and oxygen atoms in total. The standard InChI is InChI=1S/C9H18N2S2/c1-3-12-6-8(10-1)5-9-7-13-4-2-11-9/h8-11H,1-7H2. The second-order valence-corrected chi connectivity index (χ2v) is 5.99. The third-order valence-corrected chi connectivity index (χ3v) is 4.83. The zero-order valence-electron chi connectivity index (χ0n) is 7.92. The van der Waals surface area contributed by atoms with Crippen molar-refractivity contribution in [2.45, 2.75) is 18.5 Å². The van der Waals surface area contributed by atoms with E-state index in [9.17, 15) is 0 Å². The molecule has 2 N–H and O–H groups in total. The van der Waals surface area contributed by atoms with E-state index >= 15 is 0 Å². The molecule has 0 amide bonds. The van der Waals surface area contributed by atoms with Gasteiger partial charge in [-0.15, -0.1) is 0 Å². The molecule has 0 saturated carbocycles. The van der Waals surface area contributed by atoms with E-state index in [0.717, 1.165) is 12.1 Å². The van der Waals surface area contributed by atoms with Gasteiger partial charge >= 0.3 is 0 Å². The quantitative estimate of drug-likeness (QED) is 0.715. The van der Waals surface area contributed by atoms with Crippen LogP contribution in [0.2, 0.25) is 0 Å². The number of rotatable bonds is 2. The lowest BCUT2D eigenvalue weighted by Crippen LogP contribution is -2.46. The monoisotopic (exact) mass is 218 g/mol. The Morgan fingerprint density at radius 1 is 0.923 bits per heavy atom. The molecule has 4 heteroatoms. The summed E-state index contributed by atoms with van der Waals surface area (Å²) in [4.78, 5) is 0. The Balaban J connectivity index is 1.69. The van der Waals surface area contributed by atoms with E-state index in [2.05, 4.69) is 34.2 Å². The Hall–Kier alpha value is 0.620. The molecule has 0 aromatic heterocycles. The summed E-state index contributed by atoms with van der Waals surface area (Å²) in [6, 6.07) is 1.52. The lowest BCUT2D eigenvalue weighted by Gasteiger charge is -2.30. The molecule has 2 aliphatic rings. The van der Waals surface area contributed by atoms with Gasteiger partial charge in [0.05, 0.1) is 0 Å². The average Bonchev–Trinajstić information content (AvgIpc) is 2.21. The highest BCUT2D eigenvalue weighted by atomic mass is 32.2. The minimum Gasteiger partial charge on any atom is -0.312 e. The highest BCUT2D eigenvalue weighted by molar-refractivity contribution is 7.99. The van der Waals surface area contributed by atoms with Gasteiger partial charge in [-0.1, -0.05) is 0 Å². The van der Waals surface area contributed by atoms with Gasteiger partial charge in [-0.05, 0) is 6.42 Å². The van der Waals surface area contributed by atoms with Crippen LogP contribution in [0.3, 0.4) is 0 Å². The van der Waals surface area contributed by atoms with E-state index < -0.39 is 0 Å². The van der Waals surface area contributed by atoms with E-state index in [0.29, 0.717) is 0 Å². The van der Waals surface area contributed by atoms with Crippen molar-refractivity contribution in [1.29, 1.82) is 0 Å². The van der Waals surface area contributed by atoms with Crippen LogP contribution in [0.15, 0.2) is 0 Å². The first kappa shape index (κ1) is 10.1.